The van der Waals surface area contributed by atoms with E-state index in [1.807, 2.05) is 0 Å². The standard InChI is InChI=1S/C20H18Cl2FNO3/c1-12(17-8-7-15(21)11-18(17)22)24-20(26)13(2)27-19(25)9-6-14-4-3-5-16(23)10-14/h3-13H,1-2H3,(H,24,26)/b9-6+/t12-,13+/m0/s1. The van der Waals surface area contributed by atoms with Crippen molar-refractivity contribution in [2.45, 2.75) is 26.0 Å². The molecule has 4 nitrogen and oxygen atoms in total. The number of nitrogens with one attached hydrogen (secondary N) is 1. The predicted octanol–water partition coefficient (Wildman–Crippen LogP) is 4.95. The fraction of sp³-hybridized carbons (Fsp3) is 0.200. The summed E-state index contributed by atoms with van der Waals surface area (Å²) < 4.78 is 18.2. The van der Waals surface area contributed by atoms with Gasteiger partial charge in [-0.15, -0.1) is 0 Å². The minimum atomic E-state index is -1.01. The molecule has 0 radical (unpaired) electrons. The molecule has 27 heavy (non-hydrogen) atoms. The number of halogens is 3. The Labute approximate surface area is 166 Å². The van der Waals surface area contributed by atoms with Crippen molar-refractivity contribution in [3.63, 3.8) is 0 Å². The van der Waals surface area contributed by atoms with Crippen LogP contribution in [0.3, 0.4) is 0 Å². The van der Waals surface area contributed by atoms with Crippen molar-refractivity contribution in [2.24, 2.45) is 0 Å². The SMILES string of the molecule is C[C@H](NC(=O)[C@@H](C)OC(=O)/C=C/c1cccc(F)c1)c1ccc(Cl)cc1Cl. The zero-order valence-electron chi connectivity index (χ0n) is 14.7. The number of amides is 1. The molecular weight excluding hydrogens is 392 g/mol. The Kier molecular flexibility index (Phi) is 7.39. The minimum Gasteiger partial charge on any atom is -0.449 e. The van der Waals surface area contributed by atoms with Crippen molar-refractivity contribution in [3.05, 3.63) is 75.5 Å². The Balaban J connectivity index is 1.91. The summed E-state index contributed by atoms with van der Waals surface area (Å²) in [6.45, 7) is 3.21. The summed E-state index contributed by atoms with van der Waals surface area (Å²) in [5.41, 5.74) is 1.20. The molecule has 1 N–H and O–H groups in total. The van der Waals surface area contributed by atoms with Gasteiger partial charge in [0, 0.05) is 16.1 Å². The molecule has 0 saturated heterocycles. The molecule has 2 aromatic rings. The predicted molar refractivity (Wildman–Crippen MR) is 104 cm³/mol. The first-order valence-corrected chi connectivity index (χ1v) is 8.91. The summed E-state index contributed by atoms with van der Waals surface area (Å²) in [7, 11) is 0. The zero-order chi connectivity index (χ0) is 20.0. The first kappa shape index (κ1) is 20.9. The van der Waals surface area contributed by atoms with E-state index in [-0.39, 0.29) is 0 Å². The second-order valence-corrected chi connectivity index (χ2v) is 6.71. The monoisotopic (exact) mass is 409 g/mol. The number of rotatable bonds is 6. The first-order valence-electron chi connectivity index (χ1n) is 8.16. The maximum atomic E-state index is 13.1. The van der Waals surface area contributed by atoms with Crippen LogP contribution in [0, 0.1) is 5.82 Å². The van der Waals surface area contributed by atoms with Gasteiger partial charge in [0.05, 0.1) is 6.04 Å². The van der Waals surface area contributed by atoms with Gasteiger partial charge in [0.2, 0.25) is 0 Å². The topological polar surface area (TPSA) is 55.4 Å². The molecule has 0 fully saturated rings. The molecule has 0 unspecified atom stereocenters. The van der Waals surface area contributed by atoms with Crippen molar-refractivity contribution in [1.82, 2.24) is 5.32 Å². The number of carbonyl (C=O) groups is 2. The van der Waals surface area contributed by atoms with Crippen LogP contribution in [-0.2, 0) is 14.3 Å². The molecule has 7 heteroatoms. The van der Waals surface area contributed by atoms with Crippen LogP contribution in [0.25, 0.3) is 6.08 Å². The van der Waals surface area contributed by atoms with Crippen molar-refractivity contribution in [3.8, 4) is 0 Å². The molecule has 0 aliphatic carbocycles. The third-order valence-electron chi connectivity index (χ3n) is 3.71. The van der Waals surface area contributed by atoms with E-state index < -0.39 is 29.8 Å². The van der Waals surface area contributed by atoms with E-state index in [1.54, 1.807) is 31.2 Å². The van der Waals surface area contributed by atoms with Gasteiger partial charge < -0.3 is 10.1 Å². The van der Waals surface area contributed by atoms with E-state index in [1.165, 1.54) is 31.2 Å². The lowest BCUT2D eigenvalue weighted by Gasteiger charge is -2.19. The van der Waals surface area contributed by atoms with Gasteiger partial charge in [0.25, 0.3) is 5.91 Å². The quantitative estimate of drug-likeness (QED) is 0.541. The Morgan fingerprint density at radius 1 is 1.15 bits per heavy atom. The molecule has 2 atom stereocenters. The molecule has 2 aromatic carbocycles. The van der Waals surface area contributed by atoms with Crippen LogP contribution in [0.1, 0.15) is 31.0 Å². The number of hydrogen-bond donors (Lipinski definition) is 1. The van der Waals surface area contributed by atoms with Crippen LogP contribution in [0.15, 0.2) is 48.5 Å². The number of ether oxygens (including phenoxy) is 1. The lowest BCUT2D eigenvalue weighted by molar-refractivity contribution is -0.150. The largest absolute Gasteiger partial charge is 0.449 e. The van der Waals surface area contributed by atoms with Crippen molar-refractivity contribution in [2.75, 3.05) is 0 Å². The molecule has 1 amide bonds. The van der Waals surface area contributed by atoms with E-state index >= 15 is 0 Å². The molecule has 0 aromatic heterocycles. The van der Waals surface area contributed by atoms with Gasteiger partial charge in [-0.1, -0.05) is 41.4 Å². The van der Waals surface area contributed by atoms with E-state index in [0.29, 0.717) is 21.2 Å². The minimum absolute atomic E-state index is 0.397. The molecule has 0 spiro atoms. The number of esters is 1. The smallest absolute Gasteiger partial charge is 0.331 e. The summed E-state index contributed by atoms with van der Waals surface area (Å²) in [4.78, 5) is 24.1. The van der Waals surface area contributed by atoms with Gasteiger partial charge in [-0.25, -0.2) is 9.18 Å². The number of carbonyl (C=O) groups excluding carboxylic acids is 2. The lowest BCUT2D eigenvalue weighted by Crippen LogP contribution is -2.37. The van der Waals surface area contributed by atoms with Crippen LogP contribution in [-0.4, -0.2) is 18.0 Å². The highest BCUT2D eigenvalue weighted by atomic mass is 35.5. The average Bonchev–Trinajstić information content (AvgIpc) is 2.59. The summed E-state index contributed by atoms with van der Waals surface area (Å²) in [5.74, 6) is -1.59. The first-order chi connectivity index (χ1) is 12.8. The Bertz CT molecular complexity index is 870. The van der Waals surface area contributed by atoms with Crippen molar-refractivity contribution in [1.29, 1.82) is 0 Å². The Morgan fingerprint density at radius 2 is 1.89 bits per heavy atom. The van der Waals surface area contributed by atoms with Crippen LogP contribution < -0.4 is 5.32 Å². The molecular formula is C20H18Cl2FNO3. The maximum Gasteiger partial charge on any atom is 0.331 e. The summed E-state index contributed by atoms with van der Waals surface area (Å²) in [6, 6.07) is 10.3. The highest BCUT2D eigenvalue weighted by Crippen LogP contribution is 2.26. The van der Waals surface area contributed by atoms with Gasteiger partial charge in [0.1, 0.15) is 5.82 Å². The fourth-order valence-electron chi connectivity index (χ4n) is 2.30. The number of hydrogen-bond acceptors (Lipinski definition) is 3. The zero-order valence-corrected chi connectivity index (χ0v) is 16.2. The Morgan fingerprint density at radius 3 is 2.56 bits per heavy atom. The second-order valence-electron chi connectivity index (χ2n) is 5.86. The molecule has 0 saturated carbocycles. The van der Waals surface area contributed by atoms with E-state index in [4.69, 9.17) is 27.9 Å². The van der Waals surface area contributed by atoms with Gasteiger partial charge >= 0.3 is 5.97 Å². The highest BCUT2D eigenvalue weighted by Gasteiger charge is 2.20. The van der Waals surface area contributed by atoms with Gasteiger partial charge in [0.15, 0.2) is 6.10 Å². The van der Waals surface area contributed by atoms with Crippen LogP contribution in [0.4, 0.5) is 4.39 Å². The van der Waals surface area contributed by atoms with Crippen LogP contribution in [0.2, 0.25) is 10.0 Å². The van der Waals surface area contributed by atoms with E-state index in [2.05, 4.69) is 5.32 Å². The molecule has 2 rings (SSSR count). The number of benzene rings is 2. The van der Waals surface area contributed by atoms with Crippen LogP contribution >= 0.6 is 23.2 Å². The second kappa shape index (κ2) is 9.53. The fourth-order valence-corrected chi connectivity index (χ4v) is 2.87. The lowest BCUT2D eigenvalue weighted by atomic mass is 10.1. The van der Waals surface area contributed by atoms with Gasteiger partial charge in [-0.2, -0.15) is 0 Å². The normalized spacial score (nSPS) is 13.2. The third kappa shape index (κ3) is 6.38. The van der Waals surface area contributed by atoms with Gasteiger partial charge in [-0.3, -0.25) is 4.79 Å². The third-order valence-corrected chi connectivity index (χ3v) is 4.27. The van der Waals surface area contributed by atoms with E-state index in [9.17, 15) is 14.0 Å². The molecule has 0 aliphatic rings. The summed E-state index contributed by atoms with van der Waals surface area (Å²) >= 11 is 12.0. The Hall–Kier alpha value is -2.37. The van der Waals surface area contributed by atoms with Crippen LogP contribution in [0.5, 0.6) is 0 Å². The molecule has 0 heterocycles. The molecule has 142 valence electrons. The summed E-state index contributed by atoms with van der Waals surface area (Å²) in [5, 5.41) is 3.65. The molecule has 0 bridgehead atoms. The van der Waals surface area contributed by atoms with E-state index in [0.717, 1.165) is 6.08 Å². The highest BCUT2D eigenvalue weighted by molar-refractivity contribution is 6.35. The van der Waals surface area contributed by atoms with Crippen molar-refractivity contribution >= 4 is 41.2 Å². The van der Waals surface area contributed by atoms with Gasteiger partial charge in [-0.05, 0) is 55.3 Å². The maximum absolute atomic E-state index is 13.1. The van der Waals surface area contributed by atoms with Crippen molar-refractivity contribution < 1.29 is 18.7 Å². The molecule has 0 aliphatic heterocycles. The average molecular weight is 410 g/mol. The summed E-state index contributed by atoms with van der Waals surface area (Å²) in [6.07, 6.45) is 1.53.